The van der Waals surface area contributed by atoms with E-state index in [1.165, 1.54) is 25.7 Å². The number of piperidine rings is 1. The Labute approximate surface area is 126 Å². The van der Waals surface area contributed by atoms with Crippen molar-refractivity contribution in [1.82, 2.24) is 4.98 Å². The maximum absolute atomic E-state index is 9.62. The predicted molar refractivity (Wildman–Crippen MR) is 87.5 cm³/mol. The van der Waals surface area contributed by atoms with E-state index in [0.29, 0.717) is 0 Å². The normalized spacial score (nSPS) is 16.6. The van der Waals surface area contributed by atoms with E-state index in [9.17, 15) is 5.11 Å². The smallest absolute Gasteiger partial charge is 0.129 e. The van der Waals surface area contributed by atoms with Crippen LogP contribution in [0, 0.1) is 5.92 Å². The number of fused-ring (bicyclic) bond motifs is 1. The van der Waals surface area contributed by atoms with E-state index in [1.54, 1.807) is 0 Å². The SMILES string of the molecule is CCCC1CCN(c2cc(CO)c3ccccc3n2)CC1. The van der Waals surface area contributed by atoms with Crippen molar-refractivity contribution in [3.05, 3.63) is 35.9 Å². The zero-order valence-corrected chi connectivity index (χ0v) is 12.8. The lowest BCUT2D eigenvalue weighted by molar-refractivity contribution is 0.283. The minimum absolute atomic E-state index is 0.0718. The molecule has 0 radical (unpaired) electrons. The number of aliphatic hydroxyl groups excluding tert-OH is 1. The van der Waals surface area contributed by atoms with Gasteiger partial charge in [-0.2, -0.15) is 0 Å². The number of aromatic nitrogens is 1. The Hall–Kier alpha value is -1.61. The molecular weight excluding hydrogens is 260 g/mol. The van der Waals surface area contributed by atoms with Gasteiger partial charge in [0.25, 0.3) is 0 Å². The number of anilines is 1. The maximum Gasteiger partial charge on any atom is 0.129 e. The standard InChI is InChI=1S/C18H24N2O/c1-2-5-14-8-10-20(11-9-14)18-12-15(13-21)16-6-3-4-7-17(16)19-18/h3-4,6-7,12,14,21H,2,5,8-11,13H2,1H3. The molecule has 1 N–H and O–H groups in total. The summed E-state index contributed by atoms with van der Waals surface area (Å²) < 4.78 is 0. The highest BCUT2D eigenvalue weighted by Gasteiger charge is 2.20. The van der Waals surface area contributed by atoms with Gasteiger partial charge in [0.1, 0.15) is 5.82 Å². The molecule has 3 heteroatoms. The van der Waals surface area contributed by atoms with Gasteiger partial charge in [0, 0.05) is 18.5 Å². The van der Waals surface area contributed by atoms with Gasteiger partial charge >= 0.3 is 0 Å². The molecule has 0 saturated carbocycles. The number of aliphatic hydroxyl groups is 1. The molecule has 1 fully saturated rings. The van der Waals surface area contributed by atoms with Gasteiger partial charge in [-0.1, -0.05) is 38.0 Å². The van der Waals surface area contributed by atoms with Crippen LogP contribution in [0.2, 0.25) is 0 Å². The van der Waals surface area contributed by atoms with Crippen molar-refractivity contribution in [2.24, 2.45) is 5.92 Å². The van der Waals surface area contributed by atoms with E-state index in [4.69, 9.17) is 4.98 Å². The number of hydrogen-bond acceptors (Lipinski definition) is 3. The van der Waals surface area contributed by atoms with Crippen LogP contribution in [0.5, 0.6) is 0 Å². The van der Waals surface area contributed by atoms with E-state index < -0.39 is 0 Å². The van der Waals surface area contributed by atoms with Gasteiger partial charge in [-0.3, -0.25) is 0 Å². The molecule has 0 spiro atoms. The van der Waals surface area contributed by atoms with Crippen LogP contribution in [0.3, 0.4) is 0 Å². The Morgan fingerprint density at radius 3 is 2.71 bits per heavy atom. The minimum atomic E-state index is 0.0718. The third-order valence-corrected chi connectivity index (χ3v) is 4.59. The quantitative estimate of drug-likeness (QED) is 0.929. The number of para-hydroxylation sites is 1. The fraction of sp³-hybridized carbons (Fsp3) is 0.500. The lowest BCUT2D eigenvalue weighted by Gasteiger charge is -2.33. The summed E-state index contributed by atoms with van der Waals surface area (Å²) in [6.07, 6.45) is 5.15. The van der Waals surface area contributed by atoms with E-state index >= 15 is 0 Å². The molecule has 0 amide bonds. The molecule has 1 saturated heterocycles. The van der Waals surface area contributed by atoms with Crippen molar-refractivity contribution >= 4 is 16.7 Å². The van der Waals surface area contributed by atoms with E-state index in [0.717, 1.165) is 41.3 Å². The van der Waals surface area contributed by atoms with Gasteiger partial charge in [0.15, 0.2) is 0 Å². The first kappa shape index (κ1) is 14.3. The summed E-state index contributed by atoms with van der Waals surface area (Å²) >= 11 is 0. The molecule has 1 aromatic carbocycles. The van der Waals surface area contributed by atoms with Gasteiger partial charge in [-0.05, 0) is 36.5 Å². The molecule has 1 aliphatic rings. The van der Waals surface area contributed by atoms with Crippen LogP contribution in [0.25, 0.3) is 10.9 Å². The average Bonchev–Trinajstić information content (AvgIpc) is 2.55. The summed E-state index contributed by atoms with van der Waals surface area (Å²) in [5, 5.41) is 10.7. The lowest BCUT2D eigenvalue weighted by Crippen LogP contribution is -2.34. The van der Waals surface area contributed by atoms with Gasteiger partial charge in [-0.15, -0.1) is 0 Å². The first-order chi connectivity index (χ1) is 10.3. The third-order valence-electron chi connectivity index (χ3n) is 4.59. The molecule has 3 rings (SSSR count). The first-order valence-electron chi connectivity index (χ1n) is 8.06. The monoisotopic (exact) mass is 284 g/mol. The average molecular weight is 284 g/mol. The molecular formula is C18H24N2O. The van der Waals surface area contributed by atoms with Gasteiger partial charge in [0.05, 0.1) is 12.1 Å². The Morgan fingerprint density at radius 1 is 1.24 bits per heavy atom. The van der Waals surface area contributed by atoms with Crippen molar-refractivity contribution in [3.8, 4) is 0 Å². The second kappa shape index (κ2) is 6.44. The van der Waals surface area contributed by atoms with E-state index in [1.807, 2.05) is 24.3 Å². The molecule has 0 aliphatic carbocycles. The Balaban J connectivity index is 1.84. The molecule has 21 heavy (non-hydrogen) atoms. The minimum Gasteiger partial charge on any atom is -0.392 e. The topological polar surface area (TPSA) is 36.4 Å². The first-order valence-corrected chi connectivity index (χ1v) is 8.06. The van der Waals surface area contributed by atoms with Crippen molar-refractivity contribution in [3.63, 3.8) is 0 Å². The van der Waals surface area contributed by atoms with Crippen molar-refractivity contribution in [2.75, 3.05) is 18.0 Å². The molecule has 2 heterocycles. The van der Waals surface area contributed by atoms with Crippen LogP contribution < -0.4 is 4.90 Å². The molecule has 1 aromatic heterocycles. The maximum atomic E-state index is 9.62. The molecule has 0 bridgehead atoms. The van der Waals surface area contributed by atoms with Crippen LogP contribution in [-0.2, 0) is 6.61 Å². The fourth-order valence-electron chi connectivity index (χ4n) is 3.38. The molecule has 0 unspecified atom stereocenters. The zero-order chi connectivity index (χ0) is 14.7. The lowest BCUT2D eigenvalue weighted by atomic mass is 9.92. The highest BCUT2D eigenvalue weighted by molar-refractivity contribution is 5.84. The number of rotatable bonds is 4. The highest BCUT2D eigenvalue weighted by atomic mass is 16.3. The van der Waals surface area contributed by atoms with E-state index in [2.05, 4.69) is 17.9 Å². The molecule has 2 aromatic rings. The van der Waals surface area contributed by atoms with Crippen molar-refractivity contribution < 1.29 is 5.11 Å². The zero-order valence-electron chi connectivity index (χ0n) is 12.8. The van der Waals surface area contributed by atoms with Gasteiger partial charge in [0.2, 0.25) is 0 Å². The second-order valence-corrected chi connectivity index (χ2v) is 6.03. The molecule has 1 aliphatic heterocycles. The largest absolute Gasteiger partial charge is 0.392 e. The Bertz CT molecular complexity index is 603. The molecule has 3 nitrogen and oxygen atoms in total. The summed E-state index contributed by atoms with van der Waals surface area (Å²) in [6.45, 7) is 4.51. The van der Waals surface area contributed by atoms with Crippen LogP contribution in [0.15, 0.2) is 30.3 Å². The van der Waals surface area contributed by atoms with Gasteiger partial charge < -0.3 is 10.0 Å². The van der Waals surface area contributed by atoms with E-state index in [-0.39, 0.29) is 6.61 Å². The number of pyridine rings is 1. The van der Waals surface area contributed by atoms with Crippen LogP contribution in [0.1, 0.15) is 38.2 Å². The highest BCUT2D eigenvalue weighted by Crippen LogP contribution is 2.28. The predicted octanol–water partition coefficient (Wildman–Crippen LogP) is 3.74. The second-order valence-electron chi connectivity index (χ2n) is 6.03. The summed E-state index contributed by atoms with van der Waals surface area (Å²) in [4.78, 5) is 7.17. The third kappa shape index (κ3) is 3.03. The molecule has 0 atom stereocenters. The summed E-state index contributed by atoms with van der Waals surface area (Å²) in [7, 11) is 0. The number of hydrogen-bond donors (Lipinski definition) is 1. The fourth-order valence-corrected chi connectivity index (χ4v) is 3.38. The number of benzene rings is 1. The van der Waals surface area contributed by atoms with Crippen molar-refractivity contribution in [1.29, 1.82) is 0 Å². The van der Waals surface area contributed by atoms with Crippen LogP contribution >= 0.6 is 0 Å². The summed E-state index contributed by atoms with van der Waals surface area (Å²) in [5.74, 6) is 1.90. The Morgan fingerprint density at radius 2 is 2.00 bits per heavy atom. The van der Waals surface area contributed by atoms with Gasteiger partial charge in [-0.25, -0.2) is 4.98 Å². The summed E-state index contributed by atoms with van der Waals surface area (Å²) in [6, 6.07) is 10.1. The number of nitrogens with zero attached hydrogens (tertiary/aromatic N) is 2. The van der Waals surface area contributed by atoms with Crippen molar-refractivity contribution in [2.45, 2.75) is 39.2 Å². The summed E-state index contributed by atoms with van der Waals surface area (Å²) in [5.41, 5.74) is 1.96. The van der Waals surface area contributed by atoms with Crippen LogP contribution in [-0.4, -0.2) is 23.2 Å². The van der Waals surface area contributed by atoms with Crippen LogP contribution in [0.4, 0.5) is 5.82 Å². The Kier molecular flexibility index (Phi) is 4.39. The molecule has 112 valence electrons.